The Balaban J connectivity index is 1.38. The zero-order valence-corrected chi connectivity index (χ0v) is 21.2. The van der Waals surface area contributed by atoms with Crippen LogP contribution in [0.2, 0.25) is 0 Å². The van der Waals surface area contributed by atoms with Crippen molar-refractivity contribution >= 4 is 22.0 Å². The lowest BCUT2D eigenvalue weighted by atomic mass is 10.1. The minimum atomic E-state index is -3.89. The van der Waals surface area contributed by atoms with Crippen LogP contribution in [0.1, 0.15) is 21.5 Å². The molecule has 0 unspecified atom stereocenters. The average Bonchev–Trinajstić information content (AvgIpc) is 2.93. The third-order valence-corrected chi connectivity index (χ3v) is 7.56. The number of benzene rings is 3. The average molecular weight is 506 g/mol. The van der Waals surface area contributed by atoms with Gasteiger partial charge in [0.15, 0.2) is 0 Å². The van der Waals surface area contributed by atoms with Crippen molar-refractivity contribution in [1.29, 1.82) is 0 Å². The van der Waals surface area contributed by atoms with E-state index in [1.165, 1.54) is 19.2 Å². The molecular weight excluding hydrogens is 474 g/mol. The van der Waals surface area contributed by atoms with Gasteiger partial charge in [-0.1, -0.05) is 72.8 Å². The van der Waals surface area contributed by atoms with Crippen molar-refractivity contribution < 1.29 is 17.9 Å². The Bertz CT molecular complexity index is 1290. The fraction of sp³-hybridized carbons (Fsp3) is 0.250. The molecule has 0 spiro atoms. The number of carbonyl (C=O) groups is 1. The highest BCUT2D eigenvalue weighted by molar-refractivity contribution is 7.89. The van der Waals surface area contributed by atoms with E-state index in [9.17, 15) is 13.2 Å². The van der Waals surface area contributed by atoms with Gasteiger partial charge in [-0.3, -0.25) is 9.69 Å². The summed E-state index contributed by atoms with van der Waals surface area (Å²) in [5.74, 6) is 0.0128. The Morgan fingerprint density at radius 2 is 1.61 bits per heavy atom. The van der Waals surface area contributed by atoms with E-state index in [1.807, 2.05) is 48.5 Å². The molecule has 7 nitrogen and oxygen atoms in total. The number of ether oxygens (including phenoxy) is 1. The number of hydrogen-bond donors (Lipinski definition) is 1. The maximum Gasteiger partial charge on any atom is 0.253 e. The second-order valence-electron chi connectivity index (χ2n) is 8.58. The lowest BCUT2D eigenvalue weighted by Crippen LogP contribution is -2.48. The molecule has 1 saturated heterocycles. The van der Waals surface area contributed by atoms with E-state index in [2.05, 4.69) is 33.9 Å². The Kier molecular flexibility index (Phi) is 8.53. The van der Waals surface area contributed by atoms with E-state index in [1.54, 1.807) is 11.0 Å². The number of sulfonamides is 1. The summed E-state index contributed by atoms with van der Waals surface area (Å²) in [4.78, 5) is 17.2. The van der Waals surface area contributed by atoms with E-state index in [0.29, 0.717) is 18.7 Å². The van der Waals surface area contributed by atoms with Crippen LogP contribution in [0.3, 0.4) is 0 Å². The first kappa shape index (κ1) is 25.6. The van der Waals surface area contributed by atoms with Crippen molar-refractivity contribution in [2.24, 2.45) is 0 Å². The first-order chi connectivity index (χ1) is 17.5. The SMILES string of the molecule is COc1ccc(C(=O)N2CCN(C/C=C/c3ccccc3)CC2)cc1S(=O)(=O)NCc1ccccc1. The molecule has 0 radical (unpaired) electrons. The van der Waals surface area contributed by atoms with Crippen LogP contribution in [0, 0.1) is 0 Å². The summed E-state index contributed by atoms with van der Waals surface area (Å²) in [6.07, 6.45) is 4.23. The largest absolute Gasteiger partial charge is 0.495 e. The highest BCUT2D eigenvalue weighted by atomic mass is 32.2. The molecule has 36 heavy (non-hydrogen) atoms. The van der Waals surface area contributed by atoms with Crippen LogP contribution in [-0.2, 0) is 16.6 Å². The summed E-state index contributed by atoms with van der Waals surface area (Å²) in [7, 11) is -2.48. The molecule has 0 aliphatic carbocycles. The standard InChI is InChI=1S/C28H31N3O4S/c1-35-26-15-14-25(21-27(26)36(33,34)29-22-24-11-6-3-7-12-24)28(32)31-19-17-30(18-20-31)16-8-13-23-9-4-2-5-10-23/h2-15,21,29H,16-20,22H2,1H3/b13-8+. The number of nitrogens with zero attached hydrogens (tertiary/aromatic N) is 2. The number of methoxy groups -OCH3 is 1. The highest BCUT2D eigenvalue weighted by Crippen LogP contribution is 2.26. The van der Waals surface area contributed by atoms with Crippen molar-refractivity contribution in [1.82, 2.24) is 14.5 Å². The van der Waals surface area contributed by atoms with Gasteiger partial charge in [0.05, 0.1) is 7.11 Å². The first-order valence-corrected chi connectivity index (χ1v) is 13.4. The number of rotatable bonds is 9. The molecule has 1 aliphatic heterocycles. The Morgan fingerprint density at radius 1 is 0.944 bits per heavy atom. The van der Waals surface area contributed by atoms with Gasteiger partial charge in [0, 0.05) is 44.8 Å². The molecule has 0 saturated carbocycles. The first-order valence-electron chi connectivity index (χ1n) is 11.9. The molecule has 3 aromatic carbocycles. The predicted octanol–water partition coefficient (Wildman–Crippen LogP) is 3.64. The third kappa shape index (κ3) is 6.60. The maximum atomic E-state index is 13.2. The topological polar surface area (TPSA) is 79.0 Å². The summed E-state index contributed by atoms with van der Waals surface area (Å²) < 4.78 is 34.0. The third-order valence-electron chi connectivity index (χ3n) is 6.14. The van der Waals surface area contributed by atoms with Crippen molar-refractivity contribution in [3.05, 3.63) is 102 Å². The molecular formula is C28H31N3O4S. The molecule has 0 atom stereocenters. The van der Waals surface area contributed by atoms with Crippen LogP contribution in [0.5, 0.6) is 5.75 Å². The zero-order chi connectivity index (χ0) is 25.4. The number of carbonyl (C=O) groups excluding carboxylic acids is 1. The normalized spacial score (nSPS) is 14.8. The van der Waals surface area contributed by atoms with Crippen molar-refractivity contribution in [3.8, 4) is 5.75 Å². The van der Waals surface area contributed by atoms with Crippen LogP contribution in [0.15, 0.2) is 89.8 Å². The van der Waals surface area contributed by atoms with E-state index >= 15 is 0 Å². The molecule has 3 aromatic rings. The zero-order valence-electron chi connectivity index (χ0n) is 20.3. The molecule has 4 rings (SSSR count). The Hall–Kier alpha value is -3.46. The second kappa shape index (κ2) is 12.0. The van der Waals surface area contributed by atoms with Crippen LogP contribution in [0.4, 0.5) is 0 Å². The summed E-state index contributed by atoms with van der Waals surface area (Å²) in [6, 6.07) is 24.0. The predicted molar refractivity (Wildman–Crippen MR) is 141 cm³/mol. The lowest BCUT2D eigenvalue weighted by molar-refractivity contribution is 0.0650. The number of piperazine rings is 1. The summed E-state index contributed by atoms with van der Waals surface area (Å²) in [5, 5.41) is 0. The molecule has 8 heteroatoms. The van der Waals surface area contributed by atoms with E-state index in [4.69, 9.17) is 4.74 Å². The van der Waals surface area contributed by atoms with Gasteiger partial charge < -0.3 is 9.64 Å². The van der Waals surface area contributed by atoms with Gasteiger partial charge in [0.2, 0.25) is 10.0 Å². The minimum Gasteiger partial charge on any atom is -0.495 e. The van der Waals surface area contributed by atoms with Gasteiger partial charge in [-0.05, 0) is 29.3 Å². The highest BCUT2D eigenvalue weighted by Gasteiger charge is 2.25. The monoisotopic (exact) mass is 505 g/mol. The molecule has 1 heterocycles. The molecule has 188 valence electrons. The number of nitrogens with one attached hydrogen (secondary N) is 1. The molecule has 1 aliphatic rings. The van der Waals surface area contributed by atoms with Gasteiger partial charge in [-0.2, -0.15) is 0 Å². The summed E-state index contributed by atoms with van der Waals surface area (Å²) in [5.41, 5.74) is 2.33. The van der Waals surface area contributed by atoms with Crippen LogP contribution < -0.4 is 9.46 Å². The Morgan fingerprint density at radius 3 is 2.28 bits per heavy atom. The molecule has 0 bridgehead atoms. The van der Waals surface area contributed by atoms with E-state index < -0.39 is 10.0 Å². The molecule has 1 amide bonds. The van der Waals surface area contributed by atoms with Gasteiger partial charge >= 0.3 is 0 Å². The van der Waals surface area contributed by atoms with Crippen molar-refractivity contribution in [3.63, 3.8) is 0 Å². The second-order valence-corrected chi connectivity index (χ2v) is 10.3. The lowest BCUT2D eigenvalue weighted by Gasteiger charge is -2.34. The molecule has 1 N–H and O–H groups in total. The minimum absolute atomic E-state index is 0.0449. The number of hydrogen-bond acceptors (Lipinski definition) is 5. The Labute approximate surface area is 213 Å². The van der Waals surface area contributed by atoms with Crippen LogP contribution >= 0.6 is 0 Å². The van der Waals surface area contributed by atoms with Crippen LogP contribution in [-0.4, -0.2) is 64.0 Å². The molecule has 1 fully saturated rings. The fourth-order valence-corrected chi connectivity index (χ4v) is 5.30. The van der Waals surface area contributed by atoms with Gasteiger partial charge in [-0.15, -0.1) is 0 Å². The van der Waals surface area contributed by atoms with E-state index in [-0.39, 0.29) is 23.1 Å². The van der Waals surface area contributed by atoms with Gasteiger partial charge in [0.25, 0.3) is 5.91 Å². The fourth-order valence-electron chi connectivity index (χ4n) is 4.09. The van der Waals surface area contributed by atoms with E-state index in [0.717, 1.165) is 30.8 Å². The summed E-state index contributed by atoms with van der Waals surface area (Å²) >= 11 is 0. The quantitative estimate of drug-likeness (QED) is 0.480. The van der Waals surface area contributed by atoms with Gasteiger partial charge in [0.1, 0.15) is 10.6 Å². The smallest absolute Gasteiger partial charge is 0.253 e. The summed E-state index contributed by atoms with van der Waals surface area (Å²) in [6.45, 7) is 3.63. The molecule has 0 aromatic heterocycles. The number of amides is 1. The van der Waals surface area contributed by atoms with Crippen molar-refractivity contribution in [2.75, 3.05) is 39.8 Å². The maximum absolute atomic E-state index is 13.2. The van der Waals surface area contributed by atoms with Gasteiger partial charge in [-0.25, -0.2) is 13.1 Å². The van der Waals surface area contributed by atoms with Crippen molar-refractivity contribution in [2.45, 2.75) is 11.4 Å². The van der Waals surface area contributed by atoms with Crippen LogP contribution in [0.25, 0.3) is 6.08 Å².